The molecule has 0 heterocycles. The number of unbranched alkanes of at least 4 members (excludes halogenated alkanes) is 34. The van der Waals surface area contributed by atoms with Crippen molar-refractivity contribution in [3.05, 3.63) is 97.2 Å². The summed E-state index contributed by atoms with van der Waals surface area (Å²) in [6.45, 7) is 6.42. The van der Waals surface area contributed by atoms with E-state index in [1.165, 1.54) is 161 Å². The molecule has 0 radical (unpaired) electrons. The Balaban J connectivity index is 4.21. The van der Waals surface area contributed by atoms with Crippen molar-refractivity contribution < 1.29 is 28.6 Å². The van der Waals surface area contributed by atoms with Gasteiger partial charge in [0.15, 0.2) is 6.10 Å². The first-order valence-corrected chi connectivity index (χ1v) is 33.7. The average molecular weight is 1100 g/mol. The SMILES string of the molecule is CC/C=C\C/C=C\C/C=C\C/C=C\CCCCCCCCCCCCCCCCCCCCC(=O)OCC(COC(=O)CCCCCCC/C=C\CCCCCCCC)OC(=O)CCCCCCC/C=C\C/C=C\C/C=C\CC. The van der Waals surface area contributed by atoms with Crippen LogP contribution in [-0.4, -0.2) is 37.2 Å². The van der Waals surface area contributed by atoms with Gasteiger partial charge in [-0.05, 0) is 116 Å². The Morgan fingerprint density at radius 1 is 0.266 bits per heavy atom. The van der Waals surface area contributed by atoms with Crippen LogP contribution in [0, 0.1) is 0 Å². The molecule has 0 aliphatic rings. The zero-order valence-corrected chi connectivity index (χ0v) is 52.1. The van der Waals surface area contributed by atoms with E-state index in [1.54, 1.807) is 0 Å². The largest absolute Gasteiger partial charge is 0.462 e. The van der Waals surface area contributed by atoms with Gasteiger partial charge < -0.3 is 14.2 Å². The Morgan fingerprint density at radius 2 is 0.494 bits per heavy atom. The molecule has 6 nitrogen and oxygen atoms in total. The van der Waals surface area contributed by atoms with Gasteiger partial charge in [0, 0.05) is 19.3 Å². The minimum Gasteiger partial charge on any atom is -0.462 e. The van der Waals surface area contributed by atoms with Crippen molar-refractivity contribution in [3.63, 3.8) is 0 Å². The Morgan fingerprint density at radius 3 is 0.785 bits per heavy atom. The zero-order valence-electron chi connectivity index (χ0n) is 52.1. The van der Waals surface area contributed by atoms with Crippen molar-refractivity contribution in [3.8, 4) is 0 Å². The summed E-state index contributed by atoms with van der Waals surface area (Å²) in [5, 5.41) is 0. The van der Waals surface area contributed by atoms with Gasteiger partial charge in [0.25, 0.3) is 0 Å². The van der Waals surface area contributed by atoms with Crippen LogP contribution >= 0.6 is 0 Å². The number of hydrogen-bond donors (Lipinski definition) is 0. The summed E-state index contributed by atoms with van der Waals surface area (Å²) in [7, 11) is 0. The number of esters is 3. The van der Waals surface area contributed by atoms with E-state index >= 15 is 0 Å². The summed E-state index contributed by atoms with van der Waals surface area (Å²) in [6.07, 6.45) is 90.1. The first-order chi connectivity index (χ1) is 39.0. The molecule has 454 valence electrons. The van der Waals surface area contributed by atoms with Crippen LogP contribution < -0.4 is 0 Å². The molecular formula is C73H126O6. The van der Waals surface area contributed by atoms with Crippen molar-refractivity contribution in [2.24, 2.45) is 0 Å². The maximum Gasteiger partial charge on any atom is 0.306 e. The summed E-state index contributed by atoms with van der Waals surface area (Å²) < 4.78 is 16.9. The first kappa shape index (κ1) is 75.3. The molecular weight excluding hydrogens is 973 g/mol. The summed E-state index contributed by atoms with van der Waals surface area (Å²) in [5.41, 5.74) is 0. The highest BCUT2D eigenvalue weighted by Gasteiger charge is 2.19. The molecule has 0 aliphatic heterocycles. The van der Waals surface area contributed by atoms with Crippen LogP contribution in [0.4, 0.5) is 0 Å². The normalized spacial score (nSPS) is 12.7. The van der Waals surface area contributed by atoms with Gasteiger partial charge in [-0.3, -0.25) is 14.4 Å². The van der Waals surface area contributed by atoms with E-state index in [-0.39, 0.29) is 31.1 Å². The Kier molecular flexibility index (Phi) is 63.7. The summed E-state index contributed by atoms with van der Waals surface area (Å²) in [6, 6.07) is 0. The molecule has 0 amide bonds. The van der Waals surface area contributed by atoms with E-state index < -0.39 is 6.10 Å². The third kappa shape index (κ3) is 65.0. The molecule has 0 spiro atoms. The summed E-state index contributed by atoms with van der Waals surface area (Å²) >= 11 is 0. The molecule has 0 aliphatic carbocycles. The second kappa shape index (κ2) is 66.8. The van der Waals surface area contributed by atoms with Gasteiger partial charge in [-0.1, -0.05) is 291 Å². The third-order valence-electron chi connectivity index (χ3n) is 14.6. The van der Waals surface area contributed by atoms with Gasteiger partial charge in [-0.25, -0.2) is 0 Å². The summed E-state index contributed by atoms with van der Waals surface area (Å²) in [4.78, 5) is 38.3. The molecule has 79 heavy (non-hydrogen) atoms. The highest BCUT2D eigenvalue weighted by atomic mass is 16.6. The lowest BCUT2D eigenvalue weighted by Crippen LogP contribution is -2.30. The van der Waals surface area contributed by atoms with Crippen LogP contribution in [0.2, 0.25) is 0 Å². The fourth-order valence-corrected chi connectivity index (χ4v) is 9.56. The Hall–Kier alpha value is -3.67. The maximum absolute atomic E-state index is 12.9. The predicted octanol–water partition coefficient (Wildman–Crippen LogP) is 23.2. The van der Waals surface area contributed by atoms with E-state index in [0.717, 1.165) is 128 Å². The van der Waals surface area contributed by atoms with Crippen LogP contribution in [0.3, 0.4) is 0 Å². The van der Waals surface area contributed by atoms with Crippen LogP contribution in [0.5, 0.6) is 0 Å². The molecule has 0 saturated carbocycles. The van der Waals surface area contributed by atoms with Gasteiger partial charge in [-0.15, -0.1) is 0 Å². The number of hydrogen-bond acceptors (Lipinski definition) is 6. The van der Waals surface area contributed by atoms with Crippen LogP contribution in [-0.2, 0) is 28.6 Å². The number of carbonyl (C=O) groups excluding carboxylic acids is 3. The highest BCUT2D eigenvalue weighted by molar-refractivity contribution is 5.71. The van der Waals surface area contributed by atoms with Crippen LogP contribution in [0.1, 0.15) is 329 Å². The van der Waals surface area contributed by atoms with Crippen molar-refractivity contribution in [2.45, 2.75) is 335 Å². The van der Waals surface area contributed by atoms with E-state index in [4.69, 9.17) is 14.2 Å². The topological polar surface area (TPSA) is 78.9 Å². The van der Waals surface area contributed by atoms with Crippen LogP contribution in [0.25, 0.3) is 0 Å². The molecule has 0 bridgehead atoms. The van der Waals surface area contributed by atoms with Gasteiger partial charge in [0.2, 0.25) is 0 Å². The molecule has 1 atom stereocenters. The number of carbonyl (C=O) groups is 3. The Labute approximate surface area is 489 Å². The Bertz CT molecular complexity index is 1540. The molecule has 0 saturated heterocycles. The zero-order chi connectivity index (χ0) is 57.1. The average Bonchev–Trinajstić information content (AvgIpc) is 3.45. The summed E-state index contributed by atoms with van der Waals surface area (Å²) in [5.74, 6) is -0.897. The van der Waals surface area contributed by atoms with Gasteiger partial charge in [0.05, 0.1) is 0 Å². The smallest absolute Gasteiger partial charge is 0.306 e. The van der Waals surface area contributed by atoms with Gasteiger partial charge in [0.1, 0.15) is 13.2 Å². The minimum atomic E-state index is -0.790. The second-order valence-corrected chi connectivity index (χ2v) is 22.3. The fourth-order valence-electron chi connectivity index (χ4n) is 9.56. The maximum atomic E-state index is 12.9. The van der Waals surface area contributed by atoms with E-state index in [0.29, 0.717) is 19.3 Å². The van der Waals surface area contributed by atoms with Gasteiger partial charge >= 0.3 is 17.9 Å². The quantitative estimate of drug-likeness (QED) is 0.0261. The minimum absolute atomic E-state index is 0.0842. The van der Waals surface area contributed by atoms with Crippen molar-refractivity contribution in [1.82, 2.24) is 0 Å². The van der Waals surface area contributed by atoms with E-state index in [9.17, 15) is 14.4 Å². The first-order valence-electron chi connectivity index (χ1n) is 33.7. The molecule has 0 aromatic rings. The van der Waals surface area contributed by atoms with Gasteiger partial charge in [-0.2, -0.15) is 0 Å². The van der Waals surface area contributed by atoms with Crippen LogP contribution in [0.15, 0.2) is 97.2 Å². The highest BCUT2D eigenvalue weighted by Crippen LogP contribution is 2.17. The number of ether oxygens (including phenoxy) is 3. The molecule has 0 rings (SSSR count). The lowest BCUT2D eigenvalue weighted by atomic mass is 10.0. The van der Waals surface area contributed by atoms with Crippen molar-refractivity contribution in [1.29, 1.82) is 0 Å². The standard InChI is InChI=1S/C73H126O6/c1-4-7-10-13-16-19-22-25-28-29-30-31-32-33-34-35-36-37-38-39-40-41-42-43-46-48-51-54-57-60-63-66-72(75)78-69-70(79-73(76)67-64-61-58-55-52-49-45-27-24-21-18-15-12-9-6-3)68-77-71(74)65-62-59-56-53-50-47-44-26-23-20-17-14-11-8-5-2/h7,9-10,12,16,18-19,21,25-28,30-31,44-45,70H,4-6,8,11,13-15,17,20,22-24,29,32-43,46-69H2,1-3H3/b10-7-,12-9-,19-16-,21-18-,28-25-,31-30-,44-26-,45-27-. The molecule has 0 aromatic heterocycles. The number of allylic oxidation sites excluding steroid dienone is 16. The fraction of sp³-hybridized carbons (Fsp3) is 0.740. The number of rotatable bonds is 61. The second-order valence-electron chi connectivity index (χ2n) is 22.3. The monoisotopic (exact) mass is 1100 g/mol. The lowest BCUT2D eigenvalue weighted by Gasteiger charge is -2.18. The molecule has 0 aromatic carbocycles. The third-order valence-corrected chi connectivity index (χ3v) is 14.6. The van der Waals surface area contributed by atoms with E-state index in [1.807, 2.05) is 0 Å². The van der Waals surface area contributed by atoms with E-state index in [2.05, 4.69) is 118 Å². The lowest BCUT2D eigenvalue weighted by molar-refractivity contribution is -0.167. The van der Waals surface area contributed by atoms with Crippen molar-refractivity contribution >= 4 is 17.9 Å². The molecule has 0 fully saturated rings. The molecule has 6 heteroatoms. The van der Waals surface area contributed by atoms with Crippen molar-refractivity contribution in [2.75, 3.05) is 13.2 Å². The molecule has 0 N–H and O–H groups in total. The molecule has 1 unspecified atom stereocenters. The predicted molar refractivity (Wildman–Crippen MR) is 344 cm³/mol.